The van der Waals surface area contributed by atoms with Crippen molar-refractivity contribution in [2.24, 2.45) is 5.41 Å². The van der Waals surface area contributed by atoms with E-state index in [4.69, 9.17) is 9.47 Å². The molecule has 0 radical (unpaired) electrons. The summed E-state index contributed by atoms with van der Waals surface area (Å²) in [6.07, 6.45) is 5.32. The molecule has 1 aromatic carbocycles. The van der Waals surface area contributed by atoms with Crippen LogP contribution in [-0.2, 0) is 11.3 Å². The number of anilines is 1. The van der Waals surface area contributed by atoms with Crippen molar-refractivity contribution in [3.05, 3.63) is 48.3 Å². The number of nitrogens with zero attached hydrogens (tertiary/aromatic N) is 5. The van der Waals surface area contributed by atoms with Gasteiger partial charge < -0.3 is 14.4 Å². The van der Waals surface area contributed by atoms with Crippen LogP contribution in [0.1, 0.15) is 46.1 Å². The third-order valence-corrected chi connectivity index (χ3v) is 7.35. The van der Waals surface area contributed by atoms with Gasteiger partial charge in [-0.3, -0.25) is 9.80 Å². The van der Waals surface area contributed by atoms with E-state index in [2.05, 4.69) is 63.9 Å². The molecule has 0 bridgehead atoms. The Hall–Kier alpha value is -2.87. The maximum atomic E-state index is 13.1. The van der Waals surface area contributed by atoms with Gasteiger partial charge in [0.25, 0.3) is 0 Å². The van der Waals surface area contributed by atoms with E-state index in [-0.39, 0.29) is 30.4 Å². The highest BCUT2D eigenvalue weighted by atomic mass is 16.6. The fraction of sp³-hybridized carbons (Fsp3) is 0.593. The molecule has 8 heteroatoms. The van der Waals surface area contributed by atoms with Gasteiger partial charge in [0.05, 0.1) is 30.6 Å². The van der Waals surface area contributed by atoms with Crippen LogP contribution in [0.3, 0.4) is 0 Å². The summed E-state index contributed by atoms with van der Waals surface area (Å²) in [4.78, 5) is 28.5. The molecule has 2 saturated heterocycles. The quantitative estimate of drug-likeness (QED) is 0.621. The normalized spacial score (nSPS) is 24.3. The molecule has 2 aromatic rings. The molecule has 188 valence electrons. The molecule has 3 fully saturated rings. The minimum atomic E-state index is -0.188. The molecule has 8 nitrogen and oxygen atoms in total. The second kappa shape index (κ2) is 9.64. The van der Waals surface area contributed by atoms with Crippen molar-refractivity contribution in [2.45, 2.75) is 71.4 Å². The van der Waals surface area contributed by atoms with Crippen molar-refractivity contribution in [3.63, 3.8) is 0 Å². The Balaban J connectivity index is 1.08. The van der Waals surface area contributed by atoms with Crippen LogP contribution in [0.2, 0.25) is 0 Å². The average molecular weight is 480 g/mol. The zero-order valence-corrected chi connectivity index (χ0v) is 21.3. The van der Waals surface area contributed by atoms with Crippen LogP contribution in [-0.4, -0.2) is 76.3 Å². The summed E-state index contributed by atoms with van der Waals surface area (Å²) in [6.45, 7) is 12.6. The van der Waals surface area contributed by atoms with Gasteiger partial charge in [-0.15, -0.1) is 0 Å². The van der Waals surface area contributed by atoms with Crippen molar-refractivity contribution in [2.75, 3.05) is 31.1 Å². The number of ether oxygens (including phenoxy) is 2. The average Bonchev–Trinajstić information content (AvgIpc) is 2.76. The lowest BCUT2D eigenvalue weighted by Crippen LogP contribution is -2.65. The Morgan fingerprint density at radius 2 is 1.69 bits per heavy atom. The summed E-state index contributed by atoms with van der Waals surface area (Å²) < 4.78 is 11.6. The molecule has 1 spiro atoms. The van der Waals surface area contributed by atoms with E-state index in [1.54, 1.807) is 12.4 Å². The van der Waals surface area contributed by atoms with Gasteiger partial charge in [-0.05, 0) is 46.1 Å². The second-order valence-corrected chi connectivity index (χ2v) is 10.9. The predicted octanol–water partition coefficient (Wildman–Crippen LogP) is 3.96. The van der Waals surface area contributed by atoms with Gasteiger partial charge in [0.1, 0.15) is 6.10 Å². The highest BCUT2D eigenvalue weighted by Crippen LogP contribution is 2.50. The Kier molecular flexibility index (Phi) is 6.57. The molecule has 35 heavy (non-hydrogen) atoms. The number of likely N-dealkylation sites (tertiary alicyclic amines) is 1. The molecule has 1 saturated carbocycles. The maximum absolute atomic E-state index is 13.1. The number of amides is 1. The van der Waals surface area contributed by atoms with Gasteiger partial charge in [-0.2, -0.15) is 0 Å². The molecule has 1 aromatic heterocycles. The Bertz CT molecular complexity index is 989. The van der Waals surface area contributed by atoms with Gasteiger partial charge >= 0.3 is 6.09 Å². The lowest BCUT2D eigenvalue weighted by atomic mass is 9.61. The van der Waals surface area contributed by atoms with Crippen LogP contribution in [0.5, 0.6) is 5.75 Å². The Labute approximate surface area is 208 Å². The molecule has 1 amide bonds. The fourth-order valence-corrected chi connectivity index (χ4v) is 5.96. The van der Waals surface area contributed by atoms with Crippen LogP contribution >= 0.6 is 0 Å². The molecule has 2 atom stereocenters. The number of hydrogen-bond acceptors (Lipinski definition) is 7. The third kappa shape index (κ3) is 5.22. The van der Waals surface area contributed by atoms with Crippen molar-refractivity contribution < 1.29 is 14.3 Å². The second-order valence-electron chi connectivity index (χ2n) is 10.9. The first-order valence-corrected chi connectivity index (χ1v) is 12.8. The monoisotopic (exact) mass is 479 g/mol. The number of carbonyl (C=O) groups is 1. The standard InChI is InChI=1S/C27H37N5O3/c1-19(2)34-24-12-28-25(29-13-24)31-14-20(3)32(21(4)15-31)26(33)35-23-10-27(11-23)17-30(18-27)16-22-8-6-5-7-9-22/h5-9,12-13,19-21,23H,10-11,14-18H2,1-4H3/t20-,21+. The summed E-state index contributed by atoms with van der Waals surface area (Å²) >= 11 is 0. The topological polar surface area (TPSA) is 71.0 Å². The van der Waals surface area contributed by atoms with E-state index in [1.165, 1.54) is 5.56 Å². The molecule has 0 N–H and O–H groups in total. The molecular formula is C27H37N5O3. The van der Waals surface area contributed by atoms with Gasteiger partial charge in [-0.25, -0.2) is 14.8 Å². The van der Waals surface area contributed by atoms with Crippen molar-refractivity contribution in [1.29, 1.82) is 0 Å². The lowest BCUT2D eigenvalue weighted by Gasteiger charge is -2.58. The van der Waals surface area contributed by atoms with E-state index in [9.17, 15) is 4.79 Å². The molecule has 1 aliphatic carbocycles. The van der Waals surface area contributed by atoms with E-state index < -0.39 is 0 Å². The summed E-state index contributed by atoms with van der Waals surface area (Å²) in [7, 11) is 0. The lowest BCUT2D eigenvalue weighted by molar-refractivity contribution is -0.137. The highest BCUT2D eigenvalue weighted by Gasteiger charge is 2.54. The first-order valence-electron chi connectivity index (χ1n) is 12.8. The minimum Gasteiger partial charge on any atom is -0.488 e. The number of piperazine rings is 1. The number of carbonyl (C=O) groups excluding carboxylic acids is 1. The van der Waals surface area contributed by atoms with Crippen LogP contribution in [0.4, 0.5) is 10.7 Å². The van der Waals surface area contributed by atoms with Crippen molar-refractivity contribution in [3.8, 4) is 5.75 Å². The first kappa shape index (κ1) is 23.9. The van der Waals surface area contributed by atoms with Crippen LogP contribution in [0, 0.1) is 5.41 Å². The van der Waals surface area contributed by atoms with Crippen LogP contribution in [0.15, 0.2) is 42.7 Å². The van der Waals surface area contributed by atoms with Gasteiger partial charge in [0.15, 0.2) is 5.75 Å². The first-order chi connectivity index (χ1) is 16.8. The van der Waals surface area contributed by atoms with Gasteiger partial charge in [-0.1, -0.05) is 30.3 Å². The number of rotatable bonds is 6. The predicted molar refractivity (Wildman–Crippen MR) is 134 cm³/mol. The van der Waals surface area contributed by atoms with Gasteiger partial charge in [0.2, 0.25) is 5.95 Å². The van der Waals surface area contributed by atoms with Crippen LogP contribution < -0.4 is 9.64 Å². The van der Waals surface area contributed by atoms with Gasteiger partial charge in [0, 0.05) is 38.1 Å². The zero-order valence-electron chi connectivity index (χ0n) is 21.3. The summed E-state index contributed by atoms with van der Waals surface area (Å²) in [5, 5.41) is 0. The molecule has 2 aliphatic heterocycles. The summed E-state index contributed by atoms with van der Waals surface area (Å²) in [5.74, 6) is 1.33. The van der Waals surface area contributed by atoms with Crippen molar-refractivity contribution >= 4 is 12.0 Å². The minimum absolute atomic E-state index is 0.0144. The third-order valence-electron chi connectivity index (χ3n) is 7.35. The fourth-order valence-electron chi connectivity index (χ4n) is 5.96. The number of hydrogen-bond donors (Lipinski definition) is 0. The maximum Gasteiger partial charge on any atom is 0.410 e. The molecule has 0 unspecified atom stereocenters. The van der Waals surface area contributed by atoms with E-state index in [0.717, 1.165) is 32.5 Å². The number of aromatic nitrogens is 2. The summed E-state index contributed by atoms with van der Waals surface area (Å²) in [5.41, 5.74) is 1.70. The van der Waals surface area contributed by atoms with E-state index >= 15 is 0 Å². The van der Waals surface area contributed by atoms with Crippen molar-refractivity contribution in [1.82, 2.24) is 19.8 Å². The highest BCUT2D eigenvalue weighted by molar-refractivity contribution is 5.69. The molecule has 3 aliphatic rings. The largest absolute Gasteiger partial charge is 0.488 e. The molecular weight excluding hydrogens is 442 g/mol. The molecule has 3 heterocycles. The Morgan fingerprint density at radius 3 is 2.29 bits per heavy atom. The summed E-state index contributed by atoms with van der Waals surface area (Å²) in [6, 6.07) is 10.6. The number of benzene rings is 1. The van der Waals surface area contributed by atoms with Crippen LogP contribution in [0.25, 0.3) is 0 Å². The van der Waals surface area contributed by atoms with E-state index in [1.807, 2.05) is 18.7 Å². The van der Waals surface area contributed by atoms with E-state index in [0.29, 0.717) is 30.2 Å². The zero-order chi connectivity index (χ0) is 24.6. The smallest absolute Gasteiger partial charge is 0.410 e. The molecule has 5 rings (SSSR count). The Morgan fingerprint density at radius 1 is 1.06 bits per heavy atom. The SMILES string of the molecule is CC(C)Oc1cnc(N2C[C@@H](C)N(C(=O)OC3CC4(C3)CN(Cc3ccccc3)C4)[C@@H](C)C2)nc1.